The van der Waals surface area contributed by atoms with Crippen LogP contribution in [0.25, 0.3) is 21.6 Å². The van der Waals surface area contributed by atoms with Crippen molar-refractivity contribution in [1.82, 2.24) is 35.4 Å². The average molecular weight is 597 g/mol. The fraction of sp³-hybridized carbons (Fsp3) is 0.290. The average Bonchev–Trinajstić information content (AvgIpc) is 3.82. The van der Waals surface area contributed by atoms with Crippen LogP contribution in [0, 0.1) is 6.92 Å². The second kappa shape index (κ2) is 12.2. The van der Waals surface area contributed by atoms with Gasteiger partial charge in [0.05, 0.1) is 16.0 Å². The van der Waals surface area contributed by atoms with Crippen LogP contribution < -0.4 is 10.6 Å². The Morgan fingerprint density at radius 3 is 2.72 bits per heavy atom. The van der Waals surface area contributed by atoms with Gasteiger partial charge < -0.3 is 20.5 Å². The van der Waals surface area contributed by atoms with E-state index in [1.807, 2.05) is 41.5 Å². The van der Waals surface area contributed by atoms with Crippen molar-refractivity contribution in [2.45, 2.75) is 45.6 Å². The molecule has 0 aliphatic carbocycles. The summed E-state index contributed by atoms with van der Waals surface area (Å²) in [4.78, 5) is 53.1. The first-order valence-electron chi connectivity index (χ1n) is 14.3. The number of aromatic amines is 2. The number of carbonyl (C=O) groups is 3. The van der Waals surface area contributed by atoms with Crippen LogP contribution in [0.1, 0.15) is 69.8 Å². The summed E-state index contributed by atoms with van der Waals surface area (Å²) in [6.45, 7) is 5.17. The van der Waals surface area contributed by atoms with Crippen LogP contribution in [0.15, 0.2) is 54.3 Å². The lowest BCUT2D eigenvalue weighted by Gasteiger charge is -2.31. The van der Waals surface area contributed by atoms with Gasteiger partial charge in [0, 0.05) is 49.6 Å². The zero-order chi connectivity index (χ0) is 29.9. The van der Waals surface area contributed by atoms with Gasteiger partial charge in [0.1, 0.15) is 17.5 Å². The van der Waals surface area contributed by atoms with Crippen LogP contribution in [0.3, 0.4) is 0 Å². The third-order valence-electron chi connectivity index (χ3n) is 7.85. The molecule has 0 saturated carbocycles. The van der Waals surface area contributed by atoms with Gasteiger partial charge in [-0.3, -0.25) is 19.5 Å². The number of nitrogens with one attached hydrogen (secondary N) is 4. The lowest BCUT2D eigenvalue weighted by molar-refractivity contribution is -0.115. The Morgan fingerprint density at radius 2 is 1.95 bits per heavy atom. The summed E-state index contributed by atoms with van der Waals surface area (Å²) < 4.78 is 0. The zero-order valence-corrected chi connectivity index (χ0v) is 24.8. The van der Waals surface area contributed by atoms with E-state index in [0.717, 1.165) is 40.2 Å². The van der Waals surface area contributed by atoms with Crippen LogP contribution in [-0.2, 0) is 11.3 Å². The second-order valence-electron chi connectivity index (χ2n) is 10.6. The van der Waals surface area contributed by atoms with Crippen LogP contribution in [0.4, 0.5) is 5.69 Å². The highest BCUT2D eigenvalue weighted by Gasteiger charge is 2.28. The molecule has 5 heterocycles. The number of nitrogens with zero attached hydrogens (tertiary/aromatic N) is 4. The molecule has 0 spiro atoms. The molecule has 1 fully saturated rings. The number of rotatable bonds is 8. The topological polar surface area (TPSA) is 149 Å². The molecule has 0 unspecified atom stereocenters. The van der Waals surface area contributed by atoms with Crippen molar-refractivity contribution in [3.8, 4) is 10.6 Å². The van der Waals surface area contributed by atoms with Crippen molar-refractivity contribution in [2.75, 3.05) is 18.4 Å². The Kier molecular flexibility index (Phi) is 8.01. The fourth-order valence-corrected chi connectivity index (χ4v) is 6.04. The predicted molar refractivity (Wildman–Crippen MR) is 165 cm³/mol. The van der Waals surface area contributed by atoms with Gasteiger partial charge in [-0.25, -0.2) is 9.97 Å². The monoisotopic (exact) mass is 596 g/mol. The van der Waals surface area contributed by atoms with E-state index in [1.165, 1.54) is 6.33 Å². The summed E-state index contributed by atoms with van der Waals surface area (Å²) in [5, 5.41) is 15.5. The van der Waals surface area contributed by atoms with Crippen molar-refractivity contribution in [3.63, 3.8) is 0 Å². The largest absolute Gasteiger partial charge is 0.357 e. The first-order chi connectivity index (χ1) is 20.9. The van der Waals surface area contributed by atoms with Crippen LogP contribution in [0.5, 0.6) is 0 Å². The van der Waals surface area contributed by atoms with Gasteiger partial charge in [-0.1, -0.05) is 25.1 Å². The van der Waals surface area contributed by atoms with Gasteiger partial charge >= 0.3 is 0 Å². The van der Waals surface area contributed by atoms with Gasteiger partial charge in [-0.2, -0.15) is 5.10 Å². The number of fused-ring (bicyclic) bond motifs is 1. The molecule has 3 amide bonds. The normalized spacial score (nSPS) is 13.8. The number of H-pyrrole nitrogens is 2. The number of hydrogen-bond acceptors (Lipinski definition) is 7. The molecule has 12 heteroatoms. The number of thiophene rings is 1. The molecule has 220 valence electrons. The van der Waals surface area contributed by atoms with Crippen LogP contribution >= 0.6 is 11.3 Å². The number of aromatic nitrogens is 5. The molecule has 1 aliphatic heterocycles. The van der Waals surface area contributed by atoms with E-state index in [1.54, 1.807) is 24.5 Å². The quantitative estimate of drug-likeness (QED) is 0.198. The Morgan fingerprint density at radius 1 is 1.12 bits per heavy atom. The summed E-state index contributed by atoms with van der Waals surface area (Å²) in [6, 6.07) is 11.8. The highest BCUT2D eigenvalue weighted by atomic mass is 32.1. The van der Waals surface area contributed by atoms with Crippen molar-refractivity contribution in [3.05, 3.63) is 82.4 Å². The van der Waals surface area contributed by atoms with Gasteiger partial charge in [0.25, 0.3) is 11.8 Å². The van der Waals surface area contributed by atoms with Crippen LogP contribution in [0.2, 0.25) is 0 Å². The van der Waals surface area contributed by atoms with Gasteiger partial charge in [-0.05, 0) is 54.5 Å². The molecule has 0 radical (unpaired) electrons. The van der Waals surface area contributed by atoms with E-state index in [9.17, 15) is 14.4 Å². The molecule has 6 rings (SSSR count). The number of carbonyl (C=O) groups excluding carboxylic acids is 3. The van der Waals surface area contributed by atoms with Gasteiger partial charge in [-0.15, -0.1) is 11.3 Å². The SMILES string of the molecule is CCC(=O)Nc1cc(CNC(=O)c2ncnc3c(C(=O)N4CCC(c5cc(-c6cccs6)n[nH]5)CC4)c[nH]c23)ccc1C. The molecule has 1 aliphatic rings. The highest BCUT2D eigenvalue weighted by Crippen LogP contribution is 2.32. The number of hydrogen-bond donors (Lipinski definition) is 4. The lowest BCUT2D eigenvalue weighted by Crippen LogP contribution is -2.38. The Hall–Kier alpha value is -4.84. The molecule has 4 N–H and O–H groups in total. The summed E-state index contributed by atoms with van der Waals surface area (Å²) in [6.07, 6.45) is 4.94. The highest BCUT2D eigenvalue weighted by molar-refractivity contribution is 7.13. The number of anilines is 1. The molecule has 0 atom stereocenters. The van der Waals surface area contributed by atoms with Gasteiger partial charge in [0.2, 0.25) is 5.91 Å². The van der Waals surface area contributed by atoms with Crippen molar-refractivity contribution < 1.29 is 14.4 Å². The molecule has 1 aromatic carbocycles. The van der Waals surface area contributed by atoms with Crippen molar-refractivity contribution in [2.24, 2.45) is 0 Å². The molecule has 43 heavy (non-hydrogen) atoms. The van der Waals surface area contributed by atoms with Crippen LogP contribution in [-0.4, -0.2) is 60.9 Å². The molecule has 11 nitrogen and oxygen atoms in total. The Balaban J connectivity index is 1.10. The zero-order valence-electron chi connectivity index (χ0n) is 23.9. The number of piperidine rings is 1. The maximum absolute atomic E-state index is 13.5. The van der Waals surface area contributed by atoms with Gasteiger partial charge in [0.15, 0.2) is 5.69 Å². The van der Waals surface area contributed by atoms with E-state index < -0.39 is 5.91 Å². The van der Waals surface area contributed by atoms with E-state index in [0.29, 0.717) is 47.7 Å². The fourth-order valence-electron chi connectivity index (χ4n) is 5.35. The molecular formula is C31H32N8O3S. The maximum Gasteiger partial charge on any atom is 0.272 e. The third kappa shape index (κ3) is 5.91. The van der Waals surface area contributed by atoms with E-state index in [-0.39, 0.29) is 24.1 Å². The van der Waals surface area contributed by atoms with E-state index >= 15 is 0 Å². The number of likely N-dealkylation sites (tertiary alicyclic amines) is 1. The molecular weight excluding hydrogens is 564 g/mol. The predicted octanol–water partition coefficient (Wildman–Crippen LogP) is 5.02. The number of amides is 3. The van der Waals surface area contributed by atoms with Crippen molar-refractivity contribution >= 4 is 45.8 Å². The lowest BCUT2D eigenvalue weighted by atomic mass is 9.93. The van der Waals surface area contributed by atoms with E-state index in [2.05, 4.69) is 47.9 Å². The third-order valence-corrected chi connectivity index (χ3v) is 8.74. The minimum absolute atomic E-state index is 0.0737. The first kappa shape index (κ1) is 28.3. The molecule has 0 bridgehead atoms. The first-order valence-corrected chi connectivity index (χ1v) is 15.2. The Labute approximate surface area is 252 Å². The summed E-state index contributed by atoms with van der Waals surface area (Å²) in [5.74, 6) is -0.288. The molecule has 1 saturated heterocycles. The van der Waals surface area contributed by atoms with Crippen molar-refractivity contribution in [1.29, 1.82) is 0 Å². The summed E-state index contributed by atoms with van der Waals surface area (Å²) >= 11 is 1.66. The minimum atomic E-state index is -0.393. The maximum atomic E-state index is 13.5. The Bertz CT molecular complexity index is 1780. The molecule has 4 aromatic heterocycles. The second-order valence-corrected chi connectivity index (χ2v) is 11.6. The van der Waals surface area contributed by atoms with E-state index in [4.69, 9.17) is 0 Å². The smallest absolute Gasteiger partial charge is 0.272 e. The molecule has 5 aromatic rings. The summed E-state index contributed by atoms with van der Waals surface area (Å²) in [5.41, 5.74) is 5.94. The summed E-state index contributed by atoms with van der Waals surface area (Å²) in [7, 11) is 0. The minimum Gasteiger partial charge on any atom is -0.357 e. The number of aryl methyl sites for hydroxylation is 1. The standard InChI is InChI=1S/C31H32N8O3S/c1-3-26(40)36-22-13-19(7-6-18(22)2)15-33-30(41)29-28-27(34-17-35-29)21(16-32-28)31(42)39-10-8-20(9-11-39)23-14-24(38-37-23)25-5-4-12-43-25/h4-7,12-14,16-17,20,32H,3,8-11,15H2,1-2H3,(H,33,41)(H,36,40)(H,37,38). The number of benzene rings is 1.